The first-order chi connectivity index (χ1) is 7.31. The van der Waals surface area contributed by atoms with E-state index in [2.05, 4.69) is 5.32 Å². The van der Waals surface area contributed by atoms with Crippen molar-refractivity contribution in [3.8, 4) is 6.07 Å². The van der Waals surface area contributed by atoms with Crippen LogP contribution in [0.25, 0.3) is 0 Å². The lowest BCUT2D eigenvalue weighted by Gasteiger charge is -2.06. The lowest BCUT2D eigenvalue weighted by Crippen LogP contribution is -2.32. The summed E-state index contributed by atoms with van der Waals surface area (Å²) in [5.74, 6) is -0.0437. The van der Waals surface area contributed by atoms with Crippen LogP contribution in [-0.4, -0.2) is 17.7 Å². The normalized spacial score (nSPS) is 17.9. The highest BCUT2D eigenvalue weighted by atomic mass is 32.2. The van der Waals surface area contributed by atoms with Gasteiger partial charge in [-0.2, -0.15) is 5.26 Å². The van der Waals surface area contributed by atoms with Gasteiger partial charge in [0.05, 0.1) is 11.3 Å². The summed E-state index contributed by atoms with van der Waals surface area (Å²) in [5, 5.41) is 10.9. The number of nitrogens with zero attached hydrogens (tertiary/aromatic N) is 1. The molecule has 1 aliphatic rings. The van der Waals surface area contributed by atoms with E-state index in [9.17, 15) is 4.79 Å². The molecule has 0 bridgehead atoms. The second kappa shape index (κ2) is 4.37. The van der Waals surface area contributed by atoms with Crippen LogP contribution >= 0.6 is 11.8 Å². The smallest absolute Gasteiger partial charge is 0.234 e. The molecule has 0 fully saturated rings. The van der Waals surface area contributed by atoms with Gasteiger partial charge in [-0.1, -0.05) is 18.2 Å². The Bertz CT molecular complexity index is 400. The summed E-state index contributed by atoms with van der Waals surface area (Å²) in [4.78, 5) is 12.8. The van der Waals surface area contributed by atoms with Crippen LogP contribution in [0, 0.1) is 11.3 Å². The summed E-state index contributed by atoms with van der Waals surface area (Å²) in [6, 6.07) is 9.92. The first kappa shape index (κ1) is 10.1. The number of thioether (sulfide) groups is 1. The Balaban J connectivity index is 2.01. The minimum Gasteiger partial charge on any atom is -0.342 e. The Morgan fingerprint density at radius 2 is 2.40 bits per heavy atom. The first-order valence-corrected chi connectivity index (χ1v) is 5.58. The Hall–Kier alpha value is -1.47. The van der Waals surface area contributed by atoms with Crippen LogP contribution in [0.4, 0.5) is 0 Å². The average molecular weight is 218 g/mol. The van der Waals surface area contributed by atoms with Gasteiger partial charge in [-0.3, -0.25) is 4.79 Å². The molecule has 4 heteroatoms. The van der Waals surface area contributed by atoms with Crippen molar-refractivity contribution in [1.29, 1.82) is 5.26 Å². The number of nitrogens with one attached hydrogen (secondary N) is 1. The summed E-state index contributed by atoms with van der Waals surface area (Å²) in [6.45, 7) is 0.0895. The van der Waals surface area contributed by atoms with E-state index in [1.807, 2.05) is 30.3 Å². The maximum atomic E-state index is 11.6. The molecule has 15 heavy (non-hydrogen) atoms. The second-order valence-corrected chi connectivity index (χ2v) is 4.54. The fourth-order valence-corrected chi connectivity index (χ4v) is 2.79. The molecule has 0 aliphatic carbocycles. The van der Waals surface area contributed by atoms with Crippen LogP contribution in [0.2, 0.25) is 0 Å². The fraction of sp³-hybridized carbons (Fsp3) is 0.273. The molecule has 1 heterocycles. The molecular weight excluding hydrogens is 208 g/mol. The zero-order valence-corrected chi connectivity index (χ0v) is 8.88. The SMILES string of the molecule is N#CCNC(=O)C1Cc2ccccc2S1. The van der Waals surface area contributed by atoms with Gasteiger partial charge < -0.3 is 5.32 Å². The van der Waals surface area contributed by atoms with Gasteiger partial charge in [0.1, 0.15) is 6.54 Å². The maximum Gasteiger partial charge on any atom is 0.234 e. The van der Waals surface area contributed by atoms with Gasteiger partial charge in [0.2, 0.25) is 5.91 Å². The minimum atomic E-state index is -0.0734. The first-order valence-electron chi connectivity index (χ1n) is 4.70. The van der Waals surface area contributed by atoms with Crippen molar-refractivity contribution >= 4 is 17.7 Å². The van der Waals surface area contributed by atoms with Gasteiger partial charge in [0.15, 0.2) is 0 Å². The zero-order valence-electron chi connectivity index (χ0n) is 8.06. The van der Waals surface area contributed by atoms with Gasteiger partial charge in [-0.15, -0.1) is 11.8 Å². The molecule has 1 aromatic rings. The van der Waals surface area contributed by atoms with E-state index in [4.69, 9.17) is 5.26 Å². The molecule has 1 aliphatic heterocycles. The van der Waals surface area contributed by atoms with Crippen molar-refractivity contribution in [1.82, 2.24) is 5.32 Å². The van der Waals surface area contributed by atoms with E-state index in [1.165, 1.54) is 10.5 Å². The molecule has 1 atom stereocenters. The molecule has 0 aromatic heterocycles. The number of nitriles is 1. The Kier molecular flexibility index (Phi) is 2.93. The van der Waals surface area contributed by atoms with Crippen molar-refractivity contribution in [2.45, 2.75) is 16.6 Å². The summed E-state index contributed by atoms with van der Waals surface area (Å²) >= 11 is 1.57. The molecule has 1 N–H and O–H groups in total. The van der Waals surface area contributed by atoms with E-state index in [0.29, 0.717) is 0 Å². The number of benzene rings is 1. The largest absolute Gasteiger partial charge is 0.342 e. The van der Waals surface area contributed by atoms with Gasteiger partial charge in [-0.05, 0) is 18.1 Å². The van der Waals surface area contributed by atoms with Gasteiger partial charge in [-0.25, -0.2) is 0 Å². The van der Waals surface area contributed by atoms with E-state index in [1.54, 1.807) is 11.8 Å². The summed E-state index contributed by atoms with van der Waals surface area (Å²) in [5.41, 5.74) is 1.22. The molecule has 2 rings (SSSR count). The minimum absolute atomic E-state index is 0.0437. The van der Waals surface area contributed by atoms with E-state index in [0.717, 1.165) is 6.42 Å². The molecule has 0 radical (unpaired) electrons. The number of fused-ring (bicyclic) bond motifs is 1. The second-order valence-electron chi connectivity index (χ2n) is 3.29. The third-order valence-electron chi connectivity index (χ3n) is 2.28. The summed E-state index contributed by atoms with van der Waals surface area (Å²) in [7, 11) is 0. The predicted octanol–water partition coefficient (Wildman–Crippen LogP) is 1.34. The molecule has 76 valence electrons. The third-order valence-corrected chi connectivity index (χ3v) is 3.60. The standard InChI is InChI=1S/C11H10N2OS/c12-5-6-13-11(14)10-7-8-3-1-2-4-9(8)15-10/h1-4,10H,6-7H2,(H,13,14). The lowest BCUT2D eigenvalue weighted by molar-refractivity contribution is -0.120. The molecule has 0 saturated heterocycles. The number of hydrogen-bond donors (Lipinski definition) is 1. The number of carbonyl (C=O) groups excluding carboxylic acids is 1. The summed E-state index contributed by atoms with van der Waals surface area (Å²) < 4.78 is 0. The average Bonchev–Trinajstić information content (AvgIpc) is 2.69. The van der Waals surface area contributed by atoms with E-state index in [-0.39, 0.29) is 17.7 Å². The van der Waals surface area contributed by atoms with Crippen LogP contribution in [0.1, 0.15) is 5.56 Å². The molecule has 0 saturated carbocycles. The fourth-order valence-electron chi connectivity index (χ4n) is 1.57. The number of amides is 1. The van der Waals surface area contributed by atoms with Crippen LogP contribution in [0.15, 0.2) is 29.2 Å². The Morgan fingerprint density at radius 1 is 1.60 bits per heavy atom. The molecule has 0 spiro atoms. The van der Waals surface area contributed by atoms with Crippen molar-refractivity contribution in [3.05, 3.63) is 29.8 Å². The van der Waals surface area contributed by atoms with Crippen molar-refractivity contribution in [2.24, 2.45) is 0 Å². The highest BCUT2D eigenvalue weighted by molar-refractivity contribution is 8.01. The van der Waals surface area contributed by atoms with Crippen LogP contribution in [-0.2, 0) is 11.2 Å². The van der Waals surface area contributed by atoms with Gasteiger partial charge in [0, 0.05) is 4.90 Å². The van der Waals surface area contributed by atoms with E-state index < -0.39 is 0 Å². The Labute approximate surface area is 92.5 Å². The molecule has 3 nitrogen and oxygen atoms in total. The van der Waals surface area contributed by atoms with Gasteiger partial charge in [0.25, 0.3) is 0 Å². The topological polar surface area (TPSA) is 52.9 Å². The zero-order chi connectivity index (χ0) is 10.7. The predicted molar refractivity (Wildman–Crippen MR) is 58.4 cm³/mol. The molecule has 1 amide bonds. The van der Waals surface area contributed by atoms with Crippen LogP contribution < -0.4 is 5.32 Å². The third kappa shape index (κ3) is 2.13. The van der Waals surface area contributed by atoms with Gasteiger partial charge >= 0.3 is 0 Å². The number of carbonyl (C=O) groups is 1. The monoisotopic (exact) mass is 218 g/mol. The molecule has 1 aromatic carbocycles. The molecular formula is C11H10N2OS. The Morgan fingerprint density at radius 3 is 3.13 bits per heavy atom. The van der Waals surface area contributed by atoms with Crippen molar-refractivity contribution in [3.63, 3.8) is 0 Å². The number of hydrogen-bond acceptors (Lipinski definition) is 3. The van der Waals surface area contributed by atoms with E-state index >= 15 is 0 Å². The maximum absolute atomic E-state index is 11.6. The van der Waals surface area contributed by atoms with Crippen molar-refractivity contribution < 1.29 is 4.79 Å². The highest BCUT2D eigenvalue weighted by Gasteiger charge is 2.27. The quantitative estimate of drug-likeness (QED) is 0.762. The van der Waals surface area contributed by atoms with Crippen LogP contribution in [0.3, 0.4) is 0 Å². The lowest BCUT2D eigenvalue weighted by atomic mass is 10.1. The van der Waals surface area contributed by atoms with Crippen molar-refractivity contribution in [2.75, 3.05) is 6.54 Å². The molecule has 1 unspecified atom stereocenters. The number of rotatable bonds is 2. The van der Waals surface area contributed by atoms with Crippen LogP contribution in [0.5, 0.6) is 0 Å². The highest BCUT2D eigenvalue weighted by Crippen LogP contribution is 2.36. The summed E-state index contributed by atoms with van der Waals surface area (Å²) in [6.07, 6.45) is 0.762.